The van der Waals surface area contributed by atoms with Gasteiger partial charge in [-0.05, 0) is 47.5 Å². The van der Waals surface area contributed by atoms with Gasteiger partial charge >= 0.3 is 5.97 Å². The molecule has 168 valence electrons. The lowest BCUT2D eigenvalue weighted by atomic mass is 9.90. The molecular weight excluding hydrogens is 428 g/mol. The molecule has 0 atom stereocenters. The number of aromatic carboxylic acids is 1. The molecule has 0 spiro atoms. The average Bonchev–Trinajstić information content (AvgIpc) is 2.86. The zero-order valence-corrected chi connectivity index (χ0v) is 18.1. The van der Waals surface area contributed by atoms with Crippen molar-refractivity contribution in [1.29, 1.82) is 0 Å². The molecule has 2 amide bonds. The number of nitrogens with one attached hydrogen (secondary N) is 2. The Morgan fingerprint density at radius 3 is 1.71 bits per heavy atom. The van der Waals surface area contributed by atoms with Gasteiger partial charge in [0.2, 0.25) is 5.91 Å². The zero-order chi connectivity index (χ0) is 23.9. The third kappa shape index (κ3) is 5.19. The molecule has 0 fully saturated rings. The Kier molecular flexibility index (Phi) is 6.79. The van der Waals surface area contributed by atoms with Crippen LogP contribution in [0.25, 0.3) is 0 Å². The van der Waals surface area contributed by atoms with Gasteiger partial charge < -0.3 is 15.7 Å². The molecule has 0 bridgehead atoms. The number of para-hydroxylation sites is 1. The third-order valence-electron chi connectivity index (χ3n) is 5.35. The maximum absolute atomic E-state index is 13.2. The summed E-state index contributed by atoms with van der Waals surface area (Å²) < 4.78 is 0. The largest absolute Gasteiger partial charge is 0.478 e. The second kappa shape index (κ2) is 10.3. The van der Waals surface area contributed by atoms with Gasteiger partial charge in [0.05, 0.1) is 17.2 Å². The summed E-state index contributed by atoms with van der Waals surface area (Å²) in [5.74, 6) is -2.25. The Bertz CT molecular complexity index is 1260. The fourth-order valence-corrected chi connectivity index (χ4v) is 3.68. The van der Waals surface area contributed by atoms with E-state index in [2.05, 4.69) is 10.6 Å². The molecule has 0 saturated carbocycles. The first-order valence-corrected chi connectivity index (χ1v) is 10.7. The molecule has 0 aliphatic heterocycles. The maximum atomic E-state index is 13.2. The van der Waals surface area contributed by atoms with Gasteiger partial charge in [-0.2, -0.15) is 0 Å². The highest BCUT2D eigenvalue weighted by molar-refractivity contribution is 6.08. The molecule has 6 heteroatoms. The summed E-state index contributed by atoms with van der Waals surface area (Å²) in [6.07, 6.45) is 0. The molecule has 4 rings (SSSR count). The highest BCUT2D eigenvalue weighted by atomic mass is 16.4. The van der Waals surface area contributed by atoms with E-state index in [0.29, 0.717) is 11.3 Å². The number of benzene rings is 4. The predicted octanol–water partition coefficient (Wildman–Crippen LogP) is 5.41. The summed E-state index contributed by atoms with van der Waals surface area (Å²) in [6.45, 7) is 0. The number of carbonyl (C=O) groups excluding carboxylic acids is 2. The minimum absolute atomic E-state index is 0.00704. The standard InChI is InChI=1S/C28H22N2O4/c31-26(30-24-14-8-7-13-23(24)28(33)34)21-15-17-22(18-16-21)29-27(32)25(19-9-3-1-4-10-19)20-11-5-2-6-12-20/h1-18,25H,(H,29,32)(H,30,31)(H,33,34). The molecule has 0 aliphatic rings. The van der Waals surface area contributed by atoms with Crippen LogP contribution in [0.4, 0.5) is 11.4 Å². The average molecular weight is 450 g/mol. The van der Waals surface area contributed by atoms with Gasteiger partial charge in [0, 0.05) is 11.3 Å². The fraction of sp³-hybridized carbons (Fsp3) is 0.0357. The molecule has 4 aromatic rings. The van der Waals surface area contributed by atoms with Crippen LogP contribution in [-0.2, 0) is 4.79 Å². The van der Waals surface area contributed by atoms with Crippen LogP contribution < -0.4 is 10.6 Å². The topological polar surface area (TPSA) is 95.5 Å². The van der Waals surface area contributed by atoms with Gasteiger partial charge in [0.15, 0.2) is 0 Å². The van der Waals surface area contributed by atoms with Crippen molar-refractivity contribution in [3.8, 4) is 0 Å². The molecule has 3 N–H and O–H groups in total. The minimum Gasteiger partial charge on any atom is -0.478 e. The molecule has 0 unspecified atom stereocenters. The van der Waals surface area contributed by atoms with Gasteiger partial charge in [-0.3, -0.25) is 9.59 Å². The zero-order valence-electron chi connectivity index (χ0n) is 18.1. The van der Waals surface area contributed by atoms with Crippen LogP contribution in [0, 0.1) is 0 Å². The van der Waals surface area contributed by atoms with Gasteiger partial charge in [0.25, 0.3) is 5.91 Å². The van der Waals surface area contributed by atoms with E-state index < -0.39 is 17.8 Å². The second-order valence-electron chi connectivity index (χ2n) is 7.63. The Morgan fingerprint density at radius 2 is 1.15 bits per heavy atom. The second-order valence-corrected chi connectivity index (χ2v) is 7.63. The number of carboxylic acids is 1. The van der Waals surface area contributed by atoms with E-state index in [9.17, 15) is 19.5 Å². The summed E-state index contributed by atoms with van der Waals surface area (Å²) >= 11 is 0. The van der Waals surface area contributed by atoms with Crippen molar-refractivity contribution in [3.63, 3.8) is 0 Å². The molecule has 0 radical (unpaired) electrons. The van der Waals surface area contributed by atoms with Crippen LogP contribution in [0.1, 0.15) is 37.8 Å². The highest BCUT2D eigenvalue weighted by Gasteiger charge is 2.22. The van der Waals surface area contributed by atoms with Gasteiger partial charge in [-0.25, -0.2) is 4.79 Å². The maximum Gasteiger partial charge on any atom is 0.337 e. The van der Waals surface area contributed by atoms with E-state index in [-0.39, 0.29) is 17.2 Å². The number of anilines is 2. The van der Waals surface area contributed by atoms with Crippen LogP contribution in [0.5, 0.6) is 0 Å². The van der Waals surface area contributed by atoms with Crippen molar-refractivity contribution in [3.05, 3.63) is 131 Å². The number of hydrogen-bond acceptors (Lipinski definition) is 3. The summed E-state index contributed by atoms with van der Waals surface area (Å²) in [7, 11) is 0. The number of carbonyl (C=O) groups is 3. The first-order valence-electron chi connectivity index (χ1n) is 10.7. The van der Waals surface area contributed by atoms with Crippen LogP contribution in [-0.4, -0.2) is 22.9 Å². The van der Waals surface area contributed by atoms with Crippen LogP contribution in [0.2, 0.25) is 0 Å². The Morgan fingerprint density at radius 1 is 0.618 bits per heavy atom. The molecule has 0 aliphatic carbocycles. The van der Waals surface area contributed by atoms with Gasteiger partial charge in [-0.1, -0.05) is 72.8 Å². The number of carboxylic acid groups (broad SMARTS) is 1. The van der Waals surface area contributed by atoms with Crippen molar-refractivity contribution >= 4 is 29.2 Å². The summed E-state index contributed by atoms with van der Waals surface area (Å²) in [6, 6.07) is 31.7. The smallest absolute Gasteiger partial charge is 0.337 e. The Labute approximate surface area is 196 Å². The van der Waals surface area contributed by atoms with Crippen molar-refractivity contribution in [2.24, 2.45) is 0 Å². The number of hydrogen-bond donors (Lipinski definition) is 3. The van der Waals surface area contributed by atoms with E-state index in [1.807, 2.05) is 60.7 Å². The Balaban J connectivity index is 1.50. The van der Waals surface area contributed by atoms with Crippen LogP contribution in [0.3, 0.4) is 0 Å². The first kappa shape index (κ1) is 22.5. The normalized spacial score (nSPS) is 10.5. The van der Waals surface area contributed by atoms with Gasteiger partial charge in [0.1, 0.15) is 0 Å². The van der Waals surface area contributed by atoms with Crippen molar-refractivity contribution in [2.75, 3.05) is 10.6 Å². The van der Waals surface area contributed by atoms with Gasteiger partial charge in [-0.15, -0.1) is 0 Å². The van der Waals surface area contributed by atoms with Crippen LogP contribution in [0.15, 0.2) is 109 Å². The van der Waals surface area contributed by atoms with Crippen LogP contribution >= 0.6 is 0 Å². The monoisotopic (exact) mass is 450 g/mol. The van der Waals surface area contributed by atoms with E-state index in [1.54, 1.807) is 36.4 Å². The minimum atomic E-state index is -1.12. The number of rotatable bonds is 7. The van der Waals surface area contributed by atoms with E-state index in [4.69, 9.17) is 0 Å². The van der Waals surface area contributed by atoms with Crippen molar-refractivity contribution in [1.82, 2.24) is 0 Å². The van der Waals surface area contributed by atoms with Crippen molar-refractivity contribution in [2.45, 2.75) is 5.92 Å². The first-order chi connectivity index (χ1) is 16.5. The molecule has 34 heavy (non-hydrogen) atoms. The van der Waals surface area contributed by atoms with E-state index in [1.165, 1.54) is 12.1 Å². The summed E-state index contributed by atoms with van der Waals surface area (Å²) in [5, 5.41) is 14.8. The lowest BCUT2D eigenvalue weighted by Gasteiger charge is -2.18. The molecule has 0 saturated heterocycles. The quantitative estimate of drug-likeness (QED) is 0.351. The highest BCUT2D eigenvalue weighted by Crippen LogP contribution is 2.26. The number of amides is 2. The third-order valence-corrected chi connectivity index (χ3v) is 5.35. The van der Waals surface area contributed by atoms with E-state index in [0.717, 1.165) is 11.1 Å². The molecule has 6 nitrogen and oxygen atoms in total. The molecule has 0 heterocycles. The van der Waals surface area contributed by atoms with E-state index >= 15 is 0 Å². The summed E-state index contributed by atoms with van der Waals surface area (Å²) in [4.78, 5) is 37.2. The molecular formula is C28H22N2O4. The molecule has 4 aromatic carbocycles. The molecule has 0 aromatic heterocycles. The lowest BCUT2D eigenvalue weighted by Crippen LogP contribution is -2.22. The lowest BCUT2D eigenvalue weighted by molar-refractivity contribution is -0.116. The van der Waals surface area contributed by atoms with Crippen molar-refractivity contribution < 1.29 is 19.5 Å². The SMILES string of the molecule is O=C(Nc1ccccc1C(=O)O)c1ccc(NC(=O)C(c2ccccc2)c2ccccc2)cc1. The summed E-state index contributed by atoms with van der Waals surface area (Å²) in [5.41, 5.74) is 2.85. The fourth-order valence-electron chi connectivity index (χ4n) is 3.68. The Hall–Kier alpha value is -4.71. The predicted molar refractivity (Wildman–Crippen MR) is 131 cm³/mol.